The summed E-state index contributed by atoms with van der Waals surface area (Å²) in [6.45, 7) is 1.89. The van der Waals surface area contributed by atoms with E-state index in [1.807, 2.05) is 42.1 Å². The number of benzene rings is 1. The number of aryl methyl sites for hydroxylation is 2. The van der Waals surface area contributed by atoms with Crippen molar-refractivity contribution in [3.05, 3.63) is 34.3 Å². The summed E-state index contributed by atoms with van der Waals surface area (Å²) in [4.78, 5) is 20.7. The summed E-state index contributed by atoms with van der Waals surface area (Å²) in [5.74, 6) is 0.188. The van der Waals surface area contributed by atoms with E-state index < -0.39 is 0 Å². The minimum absolute atomic E-state index is 0.0931. The lowest BCUT2D eigenvalue weighted by molar-refractivity contribution is -0.113. The summed E-state index contributed by atoms with van der Waals surface area (Å²) in [5.41, 5.74) is 2.72. The van der Waals surface area contributed by atoms with Crippen LogP contribution in [0.5, 0.6) is 0 Å². The highest BCUT2D eigenvalue weighted by molar-refractivity contribution is 7.99. The van der Waals surface area contributed by atoms with Gasteiger partial charge in [-0.25, -0.2) is 9.97 Å². The first kappa shape index (κ1) is 15.3. The molecule has 8 heteroatoms. The number of fused-ring (bicyclic) bond motifs is 1. The van der Waals surface area contributed by atoms with Crippen molar-refractivity contribution in [3.63, 3.8) is 0 Å². The zero-order chi connectivity index (χ0) is 15.7. The lowest BCUT2D eigenvalue weighted by atomic mass is 10.3. The Kier molecular flexibility index (Phi) is 4.37. The molecule has 2 aromatic heterocycles. The maximum Gasteiger partial charge on any atom is 0.236 e. The second-order valence-corrected chi connectivity index (χ2v) is 6.95. The van der Waals surface area contributed by atoms with E-state index in [4.69, 9.17) is 11.6 Å². The number of rotatable bonds is 4. The first-order valence-corrected chi connectivity index (χ1v) is 8.74. The molecular formula is C14H13ClN4OS2. The Hall–Kier alpha value is -1.57. The van der Waals surface area contributed by atoms with E-state index in [1.54, 1.807) is 0 Å². The third-order valence-electron chi connectivity index (χ3n) is 3.00. The fraction of sp³-hybridized carbons (Fsp3) is 0.214. The largest absolute Gasteiger partial charge is 0.322 e. The Morgan fingerprint density at radius 1 is 1.45 bits per heavy atom. The minimum atomic E-state index is -0.0931. The topological polar surface area (TPSA) is 59.8 Å². The summed E-state index contributed by atoms with van der Waals surface area (Å²) in [6.07, 6.45) is 0. The number of nitrogens with zero attached hydrogens (tertiary/aromatic N) is 3. The van der Waals surface area contributed by atoms with Crippen molar-refractivity contribution in [2.75, 3.05) is 11.1 Å². The number of imidazole rings is 1. The number of amides is 1. The number of carbonyl (C=O) groups is 1. The quantitative estimate of drug-likeness (QED) is 0.727. The van der Waals surface area contributed by atoms with E-state index in [0.29, 0.717) is 10.2 Å². The summed E-state index contributed by atoms with van der Waals surface area (Å²) in [7, 11) is 1.92. The molecule has 0 radical (unpaired) electrons. The van der Waals surface area contributed by atoms with Crippen LogP contribution in [0, 0.1) is 6.92 Å². The predicted octanol–water partition coefficient (Wildman–Crippen LogP) is 3.72. The van der Waals surface area contributed by atoms with Gasteiger partial charge in [0.15, 0.2) is 10.3 Å². The zero-order valence-electron chi connectivity index (χ0n) is 12.0. The summed E-state index contributed by atoms with van der Waals surface area (Å²) >= 11 is 8.78. The van der Waals surface area contributed by atoms with Gasteiger partial charge in [-0.3, -0.25) is 4.79 Å². The molecule has 3 rings (SSSR count). The van der Waals surface area contributed by atoms with Crippen LogP contribution in [-0.2, 0) is 11.8 Å². The van der Waals surface area contributed by atoms with Crippen LogP contribution in [0.4, 0.5) is 5.13 Å². The highest BCUT2D eigenvalue weighted by Crippen LogP contribution is 2.25. The molecule has 0 spiro atoms. The van der Waals surface area contributed by atoms with E-state index in [9.17, 15) is 4.79 Å². The van der Waals surface area contributed by atoms with Gasteiger partial charge >= 0.3 is 0 Å². The molecule has 0 fully saturated rings. The van der Waals surface area contributed by atoms with Gasteiger partial charge in [0.1, 0.15) is 0 Å². The number of carbonyl (C=O) groups excluding carboxylic acids is 1. The maximum atomic E-state index is 12.0. The number of hydrogen-bond donors (Lipinski definition) is 1. The Morgan fingerprint density at radius 3 is 3.00 bits per heavy atom. The molecular weight excluding hydrogens is 340 g/mol. The number of hydrogen-bond acceptors (Lipinski definition) is 5. The third-order valence-corrected chi connectivity index (χ3v) is 5.14. The van der Waals surface area contributed by atoms with Crippen molar-refractivity contribution >= 4 is 56.8 Å². The van der Waals surface area contributed by atoms with Crippen molar-refractivity contribution in [1.82, 2.24) is 14.5 Å². The molecule has 22 heavy (non-hydrogen) atoms. The van der Waals surface area contributed by atoms with Gasteiger partial charge in [-0.15, -0.1) is 11.3 Å². The van der Waals surface area contributed by atoms with Crippen molar-refractivity contribution in [2.24, 2.45) is 7.05 Å². The van der Waals surface area contributed by atoms with Gasteiger partial charge in [0.25, 0.3) is 0 Å². The monoisotopic (exact) mass is 352 g/mol. The fourth-order valence-electron chi connectivity index (χ4n) is 1.98. The third kappa shape index (κ3) is 3.26. The van der Waals surface area contributed by atoms with Crippen LogP contribution in [0.3, 0.4) is 0 Å². The van der Waals surface area contributed by atoms with Gasteiger partial charge in [0.05, 0.1) is 22.5 Å². The first-order valence-electron chi connectivity index (χ1n) is 6.49. The van der Waals surface area contributed by atoms with E-state index in [0.717, 1.165) is 21.9 Å². The molecule has 2 heterocycles. The van der Waals surface area contributed by atoms with Gasteiger partial charge in [-0.05, 0) is 25.1 Å². The van der Waals surface area contributed by atoms with Crippen LogP contribution in [0.2, 0.25) is 5.02 Å². The molecule has 0 atom stereocenters. The number of aromatic nitrogens is 3. The van der Waals surface area contributed by atoms with E-state index in [2.05, 4.69) is 15.3 Å². The average molecular weight is 353 g/mol. The fourth-order valence-corrected chi connectivity index (χ4v) is 3.63. The Balaban J connectivity index is 1.68. The average Bonchev–Trinajstić information content (AvgIpc) is 3.00. The molecule has 114 valence electrons. The molecule has 0 unspecified atom stereocenters. The van der Waals surface area contributed by atoms with Crippen molar-refractivity contribution < 1.29 is 4.79 Å². The lowest BCUT2D eigenvalue weighted by Gasteiger charge is -2.02. The predicted molar refractivity (Wildman–Crippen MR) is 91.9 cm³/mol. The first-order chi connectivity index (χ1) is 10.5. The molecule has 1 aromatic carbocycles. The Bertz CT molecular complexity index is 843. The molecule has 1 amide bonds. The van der Waals surface area contributed by atoms with E-state index >= 15 is 0 Å². The highest BCUT2D eigenvalue weighted by atomic mass is 35.5. The number of anilines is 1. The smallest absolute Gasteiger partial charge is 0.236 e. The second-order valence-electron chi connectivity index (χ2n) is 4.72. The lowest BCUT2D eigenvalue weighted by Crippen LogP contribution is -2.14. The van der Waals surface area contributed by atoms with Crippen LogP contribution < -0.4 is 5.32 Å². The van der Waals surface area contributed by atoms with Crippen LogP contribution in [0.15, 0.2) is 28.7 Å². The molecule has 0 bridgehead atoms. The van der Waals surface area contributed by atoms with Crippen LogP contribution >= 0.6 is 34.7 Å². The van der Waals surface area contributed by atoms with Gasteiger partial charge in [0.2, 0.25) is 5.91 Å². The molecule has 1 N–H and O–H groups in total. The van der Waals surface area contributed by atoms with Gasteiger partial charge < -0.3 is 9.88 Å². The molecule has 0 saturated carbocycles. The van der Waals surface area contributed by atoms with Gasteiger partial charge in [-0.2, -0.15) is 0 Å². The summed E-state index contributed by atoms with van der Waals surface area (Å²) < 4.78 is 1.96. The molecule has 0 aliphatic carbocycles. The SMILES string of the molecule is Cc1csc(NC(=O)CSc2nc3cc(Cl)ccc3n2C)n1. The van der Waals surface area contributed by atoms with E-state index in [1.165, 1.54) is 23.1 Å². The number of nitrogens with one attached hydrogen (secondary N) is 1. The normalized spacial score (nSPS) is 11.0. The van der Waals surface area contributed by atoms with Crippen molar-refractivity contribution in [3.8, 4) is 0 Å². The molecule has 0 saturated heterocycles. The zero-order valence-corrected chi connectivity index (χ0v) is 14.3. The van der Waals surface area contributed by atoms with Crippen molar-refractivity contribution in [1.29, 1.82) is 0 Å². The molecule has 5 nitrogen and oxygen atoms in total. The van der Waals surface area contributed by atoms with Crippen LogP contribution in [0.1, 0.15) is 5.69 Å². The van der Waals surface area contributed by atoms with Gasteiger partial charge in [0, 0.05) is 17.5 Å². The Morgan fingerprint density at radius 2 is 2.27 bits per heavy atom. The number of thioether (sulfide) groups is 1. The van der Waals surface area contributed by atoms with Crippen LogP contribution in [-0.4, -0.2) is 26.2 Å². The van der Waals surface area contributed by atoms with Gasteiger partial charge in [-0.1, -0.05) is 23.4 Å². The Labute approximate surface area is 140 Å². The number of thiazole rings is 1. The molecule has 0 aliphatic rings. The van der Waals surface area contributed by atoms with E-state index in [-0.39, 0.29) is 11.7 Å². The molecule has 3 aromatic rings. The maximum absolute atomic E-state index is 12.0. The molecule has 0 aliphatic heterocycles. The second kappa shape index (κ2) is 6.28. The minimum Gasteiger partial charge on any atom is -0.322 e. The number of halogens is 1. The van der Waals surface area contributed by atoms with Crippen molar-refractivity contribution in [2.45, 2.75) is 12.1 Å². The summed E-state index contributed by atoms with van der Waals surface area (Å²) in [6, 6.07) is 5.57. The standard InChI is InChI=1S/C14H13ClN4OS2/c1-8-6-21-13(16-8)18-12(20)7-22-14-17-10-5-9(15)3-4-11(10)19(14)2/h3-6H,7H2,1-2H3,(H,16,18,20). The highest BCUT2D eigenvalue weighted by Gasteiger charge is 2.12. The summed E-state index contributed by atoms with van der Waals surface area (Å²) in [5, 5.41) is 6.74. The van der Waals surface area contributed by atoms with Crippen LogP contribution in [0.25, 0.3) is 11.0 Å².